The van der Waals surface area contributed by atoms with Crippen LogP contribution in [0.3, 0.4) is 0 Å². The van der Waals surface area contributed by atoms with Crippen LogP contribution in [0.4, 0.5) is 0 Å². The minimum absolute atomic E-state index is 0.0956. The van der Waals surface area contributed by atoms with Crippen LogP contribution in [0.2, 0.25) is 0 Å². The van der Waals surface area contributed by atoms with Crippen molar-refractivity contribution in [1.82, 2.24) is 9.80 Å². The third-order valence-electron chi connectivity index (χ3n) is 5.14. The largest absolute Gasteiger partial charge is 0.480 e. The highest BCUT2D eigenvalue weighted by molar-refractivity contribution is 7.91. The van der Waals surface area contributed by atoms with Crippen molar-refractivity contribution >= 4 is 21.7 Å². The molecule has 8 heteroatoms. The smallest absolute Gasteiger partial charge is 0.317 e. The standard InChI is InChI=1S/C17H22N2O5S/c1-11-3-4-13(7-12(11)2)17(22)19-6-5-18(8-16(20)21)14-9-25(23,24)10-15(14)19/h3-4,7,14-15H,5-6,8-10H2,1-2H3,(H,20,21)/t14-,15+/m1/s1. The Morgan fingerprint density at radius 2 is 1.80 bits per heavy atom. The monoisotopic (exact) mass is 366 g/mol. The lowest BCUT2D eigenvalue weighted by Crippen LogP contribution is -2.61. The fraction of sp³-hybridized carbons (Fsp3) is 0.529. The number of carboxylic acids is 1. The highest BCUT2D eigenvalue weighted by Gasteiger charge is 2.48. The first kappa shape index (κ1) is 17.9. The van der Waals surface area contributed by atoms with Crippen LogP contribution in [0.5, 0.6) is 0 Å². The second-order valence-corrected chi connectivity index (χ2v) is 9.03. The van der Waals surface area contributed by atoms with Crippen LogP contribution in [0, 0.1) is 13.8 Å². The number of amides is 1. The lowest BCUT2D eigenvalue weighted by atomic mass is 10.0. The van der Waals surface area contributed by atoms with E-state index >= 15 is 0 Å². The van der Waals surface area contributed by atoms with Gasteiger partial charge in [0.2, 0.25) is 0 Å². The van der Waals surface area contributed by atoms with E-state index in [0.29, 0.717) is 18.7 Å². The molecule has 7 nitrogen and oxygen atoms in total. The summed E-state index contributed by atoms with van der Waals surface area (Å²) in [6.45, 7) is 4.38. The average Bonchev–Trinajstić information content (AvgIpc) is 2.85. The first-order chi connectivity index (χ1) is 11.7. The molecule has 0 saturated carbocycles. The van der Waals surface area contributed by atoms with Gasteiger partial charge in [-0.25, -0.2) is 8.42 Å². The summed E-state index contributed by atoms with van der Waals surface area (Å²) in [7, 11) is -3.29. The fourth-order valence-corrected chi connectivity index (χ4v) is 5.70. The van der Waals surface area contributed by atoms with Gasteiger partial charge in [-0.1, -0.05) is 6.07 Å². The number of aryl methyl sites for hydroxylation is 2. The van der Waals surface area contributed by atoms with Gasteiger partial charge in [0.15, 0.2) is 9.84 Å². The van der Waals surface area contributed by atoms with Crippen molar-refractivity contribution < 1.29 is 23.1 Å². The van der Waals surface area contributed by atoms with Crippen LogP contribution < -0.4 is 0 Å². The number of carbonyl (C=O) groups excluding carboxylic acids is 1. The van der Waals surface area contributed by atoms with Crippen molar-refractivity contribution in [2.75, 3.05) is 31.1 Å². The van der Waals surface area contributed by atoms with Crippen molar-refractivity contribution in [3.8, 4) is 0 Å². The Balaban J connectivity index is 1.88. The average molecular weight is 366 g/mol. The maximum Gasteiger partial charge on any atom is 0.317 e. The van der Waals surface area contributed by atoms with Gasteiger partial charge < -0.3 is 10.0 Å². The summed E-state index contributed by atoms with van der Waals surface area (Å²) < 4.78 is 24.2. The maximum atomic E-state index is 12.9. The van der Waals surface area contributed by atoms with Gasteiger partial charge in [0.05, 0.1) is 24.1 Å². The Labute approximate surface area is 147 Å². The van der Waals surface area contributed by atoms with Gasteiger partial charge in [-0.05, 0) is 37.1 Å². The molecule has 0 aromatic heterocycles. The number of sulfone groups is 1. The van der Waals surface area contributed by atoms with Crippen LogP contribution in [0.1, 0.15) is 21.5 Å². The first-order valence-electron chi connectivity index (χ1n) is 8.22. The number of carbonyl (C=O) groups is 2. The highest BCUT2D eigenvalue weighted by Crippen LogP contribution is 2.28. The normalized spacial score (nSPS) is 25.6. The third-order valence-corrected chi connectivity index (χ3v) is 6.84. The van der Waals surface area contributed by atoms with E-state index in [1.54, 1.807) is 15.9 Å². The number of hydrogen-bond acceptors (Lipinski definition) is 5. The second kappa shape index (κ2) is 6.42. The zero-order valence-electron chi connectivity index (χ0n) is 14.3. The lowest BCUT2D eigenvalue weighted by Gasteiger charge is -2.43. The molecule has 136 valence electrons. The molecule has 3 rings (SSSR count). The van der Waals surface area contributed by atoms with Crippen molar-refractivity contribution in [2.45, 2.75) is 25.9 Å². The number of rotatable bonds is 3. The molecule has 0 spiro atoms. The van der Waals surface area contributed by atoms with E-state index in [9.17, 15) is 18.0 Å². The van der Waals surface area contributed by atoms with Crippen molar-refractivity contribution in [1.29, 1.82) is 0 Å². The Morgan fingerprint density at radius 1 is 1.12 bits per heavy atom. The van der Waals surface area contributed by atoms with Gasteiger partial charge in [-0.15, -0.1) is 0 Å². The molecule has 25 heavy (non-hydrogen) atoms. The van der Waals surface area contributed by atoms with Crippen LogP contribution in [0.15, 0.2) is 18.2 Å². The lowest BCUT2D eigenvalue weighted by molar-refractivity contribution is -0.139. The summed E-state index contributed by atoms with van der Waals surface area (Å²) in [5.41, 5.74) is 2.63. The Morgan fingerprint density at radius 3 is 2.44 bits per heavy atom. The number of nitrogens with zero attached hydrogens (tertiary/aromatic N) is 2. The van der Waals surface area contributed by atoms with E-state index < -0.39 is 27.9 Å². The number of aliphatic carboxylic acids is 1. The quantitative estimate of drug-likeness (QED) is 0.827. The highest BCUT2D eigenvalue weighted by atomic mass is 32.2. The Bertz CT molecular complexity index is 820. The van der Waals surface area contributed by atoms with Gasteiger partial charge in [0, 0.05) is 24.7 Å². The summed E-state index contributed by atoms with van der Waals surface area (Å²) in [6.07, 6.45) is 0. The number of benzene rings is 1. The molecular formula is C17H22N2O5S. The first-order valence-corrected chi connectivity index (χ1v) is 10.0. The van der Waals surface area contributed by atoms with Crippen molar-refractivity contribution in [2.24, 2.45) is 0 Å². The summed E-state index contributed by atoms with van der Waals surface area (Å²) in [5, 5.41) is 9.05. The minimum Gasteiger partial charge on any atom is -0.480 e. The molecule has 2 heterocycles. The third kappa shape index (κ3) is 3.55. The summed E-state index contributed by atoms with van der Waals surface area (Å²) in [5.74, 6) is -1.38. The molecule has 0 bridgehead atoms. The molecule has 0 aliphatic carbocycles. The predicted molar refractivity (Wildman–Crippen MR) is 92.4 cm³/mol. The molecule has 2 aliphatic heterocycles. The second-order valence-electron chi connectivity index (χ2n) is 6.87. The molecular weight excluding hydrogens is 344 g/mol. The van der Waals surface area contributed by atoms with Crippen LogP contribution >= 0.6 is 0 Å². The summed E-state index contributed by atoms with van der Waals surface area (Å²) >= 11 is 0. The van der Waals surface area contributed by atoms with Crippen LogP contribution in [-0.2, 0) is 14.6 Å². The zero-order chi connectivity index (χ0) is 18.4. The number of hydrogen-bond donors (Lipinski definition) is 1. The molecule has 0 unspecified atom stereocenters. The molecule has 2 saturated heterocycles. The Kier molecular flexibility index (Phi) is 4.59. The van der Waals surface area contributed by atoms with Crippen LogP contribution in [0.25, 0.3) is 0 Å². The predicted octanol–water partition coefficient (Wildman–Crippen LogP) is 0.311. The number of piperazine rings is 1. The van der Waals surface area contributed by atoms with E-state index in [4.69, 9.17) is 5.11 Å². The topological polar surface area (TPSA) is 95.0 Å². The van der Waals surface area contributed by atoms with Crippen molar-refractivity contribution in [3.05, 3.63) is 34.9 Å². The summed E-state index contributed by atoms with van der Waals surface area (Å²) in [6, 6.07) is 4.51. The molecule has 0 radical (unpaired) electrons. The summed E-state index contributed by atoms with van der Waals surface area (Å²) in [4.78, 5) is 27.3. The molecule has 2 aliphatic rings. The molecule has 2 fully saturated rings. The Hall–Kier alpha value is -1.93. The van der Waals surface area contributed by atoms with Gasteiger partial charge in [0.1, 0.15) is 0 Å². The van der Waals surface area contributed by atoms with E-state index in [2.05, 4.69) is 0 Å². The van der Waals surface area contributed by atoms with Gasteiger partial charge >= 0.3 is 5.97 Å². The fourth-order valence-electron chi connectivity index (χ4n) is 3.69. The zero-order valence-corrected chi connectivity index (χ0v) is 15.1. The van der Waals surface area contributed by atoms with E-state index in [1.165, 1.54) is 0 Å². The van der Waals surface area contributed by atoms with Gasteiger partial charge in [-0.3, -0.25) is 14.5 Å². The van der Waals surface area contributed by atoms with Crippen LogP contribution in [-0.4, -0.2) is 78.4 Å². The van der Waals surface area contributed by atoms with Gasteiger partial charge in [-0.2, -0.15) is 0 Å². The minimum atomic E-state index is -3.29. The molecule has 2 atom stereocenters. The van der Waals surface area contributed by atoms with E-state index in [-0.39, 0.29) is 24.0 Å². The van der Waals surface area contributed by atoms with Crippen molar-refractivity contribution in [3.63, 3.8) is 0 Å². The van der Waals surface area contributed by atoms with E-state index in [0.717, 1.165) is 11.1 Å². The molecule has 1 aromatic carbocycles. The number of carboxylic acid groups (broad SMARTS) is 1. The molecule has 1 amide bonds. The molecule has 1 aromatic rings. The van der Waals surface area contributed by atoms with E-state index in [1.807, 2.05) is 26.0 Å². The molecule has 1 N–H and O–H groups in total. The SMILES string of the molecule is Cc1ccc(C(=O)N2CCN(CC(=O)O)[C@@H]3CS(=O)(=O)C[C@@H]32)cc1C. The number of fused-ring (bicyclic) bond motifs is 1. The maximum absolute atomic E-state index is 12.9. The van der Waals surface area contributed by atoms with Gasteiger partial charge in [0.25, 0.3) is 5.91 Å².